The van der Waals surface area contributed by atoms with Gasteiger partial charge in [0.1, 0.15) is 18.6 Å². The lowest BCUT2D eigenvalue weighted by atomic mass is 9.34. The molecular formula is C30H40O7. The van der Waals surface area contributed by atoms with Crippen molar-refractivity contribution >= 4 is 5.97 Å². The monoisotopic (exact) mass is 512 g/mol. The Labute approximate surface area is 219 Å². The van der Waals surface area contributed by atoms with Crippen LogP contribution in [0, 0.1) is 39.9 Å². The SMILES string of the molecule is COc1ccc(C(=O)O[C@H]2CC[C@H](OC)C34C[C@H](CC23)[C@@]2(OCO)C[C@H](OC)[C@]35CC4[C@]2(C3)[C@H]5C)cc1. The molecule has 9 rings (SSSR count). The molecule has 7 heteroatoms. The fourth-order valence-electron chi connectivity index (χ4n) is 11.7. The molecule has 1 N–H and O–H groups in total. The van der Waals surface area contributed by atoms with E-state index in [4.69, 9.17) is 23.7 Å². The van der Waals surface area contributed by atoms with Crippen LogP contribution in [0.1, 0.15) is 62.2 Å². The molecule has 0 amide bonds. The summed E-state index contributed by atoms with van der Waals surface area (Å²) in [5.74, 6) is 1.87. The van der Waals surface area contributed by atoms with Crippen molar-refractivity contribution in [1.82, 2.24) is 0 Å². The Morgan fingerprint density at radius 1 is 1.03 bits per heavy atom. The van der Waals surface area contributed by atoms with Crippen molar-refractivity contribution in [2.45, 2.75) is 75.8 Å². The molecule has 0 aromatic heterocycles. The number of aliphatic hydroxyl groups is 1. The van der Waals surface area contributed by atoms with E-state index < -0.39 is 5.60 Å². The van der Waals surface area contributed by atoms with Crippen molar-refractivity contribution in [3.05, 3.63) is 29.8 Å². The van der Waals surface area contributed by atoms with Gasteiger partial charge in [0.15, 0.2) is 0 Å². The summed E-state index contributed by atoms with van der Waals surface area (Å²) in [6.45, 7) is 2.15. The van der Waals surface area contributed by atoms with Crippen LogP contribution in [0.5, 0.6) is 5.75 Å². The molecule has 1 aromatic carbocycles. The number of esters is 1. The number of ether oxygens (including phenoxy) is 5. The van der Waals surface area contributed by atoms with Crippen LogP contribution < -0.4 is 4.74 Å². The van der Waals surface area contributed by atoms with Gasteiger partial charge in [0, 0.05) is 42.8 Å². The van der Waals surface area contributed by atoms with Crippen LogP contribution in [0.4, 0.5) is 0 Å². The van der Waals surface area contributed by atoms with E-state index in [1.807, 2.05) is 14.2 Å². The average molecular weight is 513 g/mol. The molecule has 0 heterocycles. The first-order chi connectivity index (χ1) is 17.9. The number of fused-ring (bicyclic) bond motifs is 2. The minimum Gasteiger partial charge on any atom is -0.497 e. The molecule has 11 atom stereocenters. The van der Waals surface area contributed by atoms with Crippen LogP contribution in [0.3, 0.4) is 0 Å². The van der Waals surface area contributed by atoms with E-state index >= 15 is 0 Å². The fourth-order valence-corrected chi connectivity index (χ4v) is 11.7. The second kappa shape index (κ2) is 7.93. The number of hydrogen-bond acceptors (Lipinski definition) is 7. The zero-order chi connectivity index (χ0) is 25.8. The maximum Gasteiger partial charge on any atom is 0.338 e. The van der Waals surface area contributed by atoms with Crippen LogP contribution in [-0.4, -0.2) is 63.1 Å². The molecule has 2 spiro atoms. The Morgan fingerprint density at radius 3 is 2.43 bits per heavy atom. The van der Waals surface area contributed by atoms with E-state index in [-0.39, 0.29) is 59.2 Å². The van der Waals surface area contributed by atoms with Gasteiger partial charge in [-0.3, -0.25) is 0 Å². The second-order valence-corrected chi connectivity index (χ2v) is 12.8. The first kappa shape index (κ1) is 24.4. The molecule has 37 heavy (non-hydrogen) atoms. The highest BCUT2D eigenvalue weighted by Crippen LogP contribution is 2.91. The van der Waals surface area contributed by atoms with E-state index in [0.29, 0.717) is 17.4 Å². The molecule has 8 aliphatic carbocycles. The smallest absolute Gasteiger partial charge is 0.338 e. The summed E-state index contributed by atoms with van der Waals surface area (Å²) in [4.78, 5) is 13.3. The number of carbonyl (C=O) groups is 1. The van der Waals surface area contributed by atoms with Gasteiger partial charge in [-0.1, -0.05) is 6.92 Å². The van der Waals surface area contributed by atoms with Gasteiger partial charge in [-0.05, 0) is 80.5 Å². The molecule has 1 aromatic rings. The van der Waals surface area contributed by atoms with Gasteiger partial charge in [0.05, 0.1) is 30.5 Å². The predicted octanol–water partition coefficient (Wildman–Crippen LogP) is 4.21. The minimum atomic E-state index is -0.393. The van der Waals surface area contributed by atoms with Crippen molar-refractivity contribution in [3.63, 3.8) is 0 Å². The fraction of sp³-hybridized carbons (Fsp3) is 0.767. The van der Waals surface area contributed by atoms with Crippen LogP contribution >= 0.6 is 0 Å². The van der Waals surface area contributed by atoms with E-state index in [1.54, 1.807) is 31.4 Å². The maximum atomic E-state index is 13.3. The number of methoxy groups -OCH3 is 3. The third-order valence-electron chi connectivity index (χ3n) is 12.8. The van der Waals surface area contributed by atoms with E-state index in [2.05, 4.69) is 6.92 Å². The standard InChI is InChI=1S/C30H40O7/c1-17-27-13-23-28-12-19(30(36-16-31,14-25(27)35-4)29(17,23)15-27)11-21(28)22(9-10-24(28)34-3)37-26(32)18-5-7-20(33-2)8-6-18/h5-8,17,19,21-25,31H,9-16H2,1-4H3/t17-,19-,21?,22-,23?,24-,25-,27+,28?,29-,30-/m0/s1. The zero-order valence-electron chi connectivity index (χ0n) is 22.4. The number of carbonyl (C=O) groups excluding carboxylic acids is 1. The van der Waals surface area contributed by atoms with Crippen molar-refractivity contribution in [2.24, 2.45) is 39.9 Å². The topological polar surface area (TPSA) is 83.5 Å². The molecule has 3 unspecified atom stereocenters. The Balaban J connectivity index is 1.28. The summed E-state index contributed by atoms with van der Waals surface area (Å²) in [6, 6.07) is 7.16. The van der Waals surface area contributed by atoms with Gasteiger partial charge in [0.25, 0.3) is 0 Å². The number of hydrogen-bond donors (Lipinski definition) is 1. The van der Waals surface area contributed by atoms with Gasteiger partial charge in [0.2, 0.25) is 0 Å². The van der Waals surface area contributed by atoms with Crippen molar-refractivity contribution < 1.29 is 33.6 Å². The minimum absolute atomic E-state index is 0.0289. The molecule has 8 saturated carbocycles. The normalized spacial score (nSPS) is 50.2. The Bertz CT molecular complexity index is 1090. The van der Waals surface area contributed by atoms with Crippen LogP contribution in [0.25, 0.3) is 0 Å². The molecule has 7 nitrogen and oxygen atoms in total. The average Bonchev–Trinajstić information content (AvgIpc) is 3.56. The Morgan fingerprint density at radius 2 is 1.78 bits per heavy atom. The highest BCUT2D eigenvalue weighted by Gasteiger charge is 2.91. The van der Waals surface area contributed by atoms with Crippen molar-refractivity contribution in [3.8, 4) is 5.75 Å². The van der Waals surface area contributed by atoms with Gasteiger partial charge in [-0.25, -0.2) is 4.79 Å². The van der Waals surface area contributed by atoms with Gasteiger partial charge >= 0.3 is 5.97 Å². The zero-order valence-corrected chi connectivity index (χ0v) is 22.4. The molecule has 8 aliphatic rings. The summed E-state index contributed by atoms with van der Waals surface area (Å²) >= 11 is 0. The molecule has 0 aliphatic heterocycles. The molecule has 202 valence electrons. The van der Waals surface area contributed by atoms with E-state index in [1.165, 1.54) is 0 Å². The van der Waals surface area contributed by atoms with E-state index in [9.17, 15) is 9.90 Å². The summed E-state index contributed by atoms with van der Waals surface area (Å²) in [7, 11) is 5.33. The van der Waals surface area contributed by atoms with Gasteiger partial charge in [-0.15, -0.1) is 0 Å². The van der Waals surface area contributed by atoms with Gasteiger partial charge in [-0.2, -0.15) is 0 Å². The van der Waals surface area contributed by atoms with Crippen molar-refractivity contribution in [1.29, 1.82) is 0 Å². The molecule has 4 bridgehead atoms. The lowest BCUT2D eigenvalue weighted by Gasteiger charge is -2.74. The summed E-state index contributed by atoms with van der Waals surface area (Å²) in [5, 5.41) is 10.2. The Kier molecular flexibility index (Phi) is 5.23. The number of benzene rings is 1. The summed E-state index contributed by atoms with van der Waals surface area (Å²) in [6.07, 6.45) is 6.91. The number of rotatable bonds is 7. The van der Waals surface area contributed by atoms with Crippen molar-refractivity contribution in [2.75, 3.05) is 28.1 Å². The summed E-state index contributed by atoms with van der Waals surface area (Å²) < 4.78 is 30.6. The van der Waals surface area contributed by atoms with Gasteiger partial charge < -0.3 is 28.8 Å². The molecule has 0 saturated heterocycles. The largest absolute Gasteiger partial charge is 0.497 e. The third kappa shape index (κ3) is 2.61. The second-order valence-electron chi connectivity index (χ2n) is 12.8. The third-order valence-corrected chi connectivity index (χ3v) is 12.8. The first-order valence-electron chi connectivity index (χ1n) is 14.0. The lowest BCUT2D eigenvalue weighted by Crippen LogP contribution is -2.76. The highest BCUT2D eigenvalue weighted by molar-refractivity contribution is 5.89. The van der Waals surface area contributed by atoms with Crippen LogP contribution in [-0.2, 0) is 18.9 Å². The molecule has 8 fully saturated rings. The quantitative estimate of drug-likeness (QED) is 0.433. The Hall–Kier alpha value is -1.67. The van der Waals surface area contributed by atoms with E-state index in [0.717, 1.165) is 50.7 Å². The van der Waals surface area contributed by atoms with Crippen LogP contribution in [0.15, 0.2) is 24.3 Å². The first-order valence-corrected chi connectivity index (χ1v) is 14.0. The molecule has 0 radical (unpaired) electrons. The number of aliphatic hydroxyl groups excluding tert-OH is 1. The lowest BCUT2D eigenvalue weighted by molar-refractivity contribution is -0.350. The summed E-state index contributed by atoms with van der Waals surface area (Å²) in [5.41, 5.74) is 0.326. The predicted molar refractivity (Wildman–Crippen MR) is 134 cm³/mol. The van der Waals surface area contributed by atoms with Crippen LogP contribution in [0.2, 0.25) is 0 Å². The maximum absolute atomic E-state index is 13.3. The highest BCUT2D eigenvalue weighted by atomic mass is 16.6. The molecular weight excluding hydrogens is 472 g/mol.